The first-order valence-electron chi connectivity index (χ1n) is 9.42. The number of thioether (sulfide) groups is 1. The second-order valence-corrected chi connectivity index (χ2v) is 8.26. The van der Waals surface area contributed by atoms with Gasteiger partial charge in [-0.1, -0.05) is 37.7 Å². The maximum absolute atomic E-state index is 12.8. The number of hydrogen-bond acceptors (Lipinski definition) is 6. The first-order valence-corrected chi connectivity index (χ1v) is 10.4. The van der Waals surface area contributed by atoms with Crippen molar-refractivity contribution in [3.8, 4) is 5.69 Å². The van der Waals surface area contributed by atoms with E-state index in [4.69, 9.17) is 4.74 Å². The standard InChI is InChI=1S/C21H27N3O4S/c1-14(2)18(13-29-15(3)25)20(26)23-19(21(27)28-4)12-16-6-8-17(9-7-16)24-11-5-10-22-24/h5-11,14,18-19H,12-13H2,1-4H3,(H,23,26)/t18-,19?/m0/s1. The van der Waals surface area contributed by atoms with E-state index in [1.807, 2.05) is 50.4 Å². The molecule has 1 N–H and O–H groups in total. The molecule has 1 unspecified atom stereocenters. The Morgan fingerprint density at radius 2 is 1.90 bits per heavy atom. The quantitative estimate of drug-likeness (QED) is 0.631. The number of benzene rings is 1. The molecule has 2 aromatic rings. The lowest BCUT2D eigenvalue weighted by atomic mass is 9.96. The Morgan fingerprint density at radius 3 is 2.41 bits per heavy atom. The van der Waals surface area contributed by atoms with Crippen LogP contribution in [0.5, 0.6) is 0 Å². The zero-order chi connectivity index (χ0) is 21.4. The van der Waals surface area contributed by atoms with Gasteiger partial charge in [-0.25, -0.2) is 9.48 Å². The van der Waals surface area contributed by atoms with E-state index >= 15 is 0 Å². The molecule has 7 nitrogen and oxygen atoms in total. The van der Waals surface area contributed by atoms with Crippen molar-refractivity contribution in [1.29, 1.82) is 0 Å². The van der Waals surface area contributed by atoms with Crippen LogP contribution >= 0.6 is 11.8 Å². The van der Waals surface area contributed by atoms with E-state index in [0.29, 0.717) is 12.2 Å². The third kappa shape index (κ3) is 6.74. The summed E-state index contributed by atoms with van der Waals surface area (Å²) < 4.78 is 6.62. The predicted octanol–water partition coefficient (Wildman–Crippen LogP) is 2.62. The highest BCUT2D eigenvalue weighted by Crippen LogP contribution is 2.19. The van der Waals surface area contributed by atoms with Crippen molar-refractivity contribution in [1.82, 2.24) is 15.1 Å². The van der Waals surface area contributed by atoms with Crippen LogP contribution in [0.3, 0.4) is 0 Å². The highest BCUT2D eigenvalue weighted by molar-refractivity contribution is 8.13. The van der Waals surface area contributed by atoms with E-state index in [0.717, 1.165) is 23.0 Å². The van der Waals surface area contributed by atoms with Gasteiger partial charge in [-0.05, 0) is 29.7 Å². The van der Waals surface area contributed by atoms with Crippen molar-refractivity contribution in [2.24, 2.45) is 11.8 Å². The van der Waals surface area contributed by atoms with Gasteiger partial charge in [0, 0.05) is 37.4 Å². The lowest BCUT2D eigenvalue weighted by molar-refractivity contribution is -0.145. The normalized spacial score (nSPS) is 13.0. The van der Waals surface area contributed by atoms with Crippen molar-refractivity contribution in [2.45, 2.75) is 33.2 Å². The number of carbonyl (C=O) groups excluding carboxylic acids is 3. The van der Waals surface area contributed by atoms with Crippen LogP contribution in [0.25, 0.3) is 5.69 Å². The molecule has 1 aromatic carbocycles. The number of rotatable bonds is 9. The van der Waals surface area contributed by atoms with Gasteiger partial charge in [0.15, 0.2) is 5.12 Å². The Labute approximate surface area is 175 Å². The van der Waals surface area contributed by atoms with Crippen LogP contribution in [0.15, 0.2) is 42.7 Å². The average Bonchev–Trinajstić information content (AvgIpc) is 3.21. The average molecular weight is 418 g/mol. The number of ether oxygens (including phenoxy) is 1. The van der Waals surface area contributed by atoms with Crippen LogP contribution in [0, 0.1) is 11.8 Å². The Kier molecular flexibility index (Phi) is 8.45. The summed E-state index contributed by atoms with van der Waals surface area (Å²) in [6.45, 7) is 5.32. The second-order valence-electron chi connectivity index (χ2n) is 7.06. The molecule has 0 spiro atoms. The third-order valence-electron chi connectivity index (χ3n) is 4.55. The highest BCUT2D eigenvalue weighted by atomic mass is 32.2. The summed E-state index contributed by atoms with van der Waals surface area (Å²) >= 11 is 1.12. The summed E-state index contributed by atoms with van der Waals surface area (Å²) in [5.41, 5.74) is 1.79. The van der Waals surface area contributed by atoms with Crippen LogP contribution in [-0.2, 0) is 25.5 Å². The molecule has 0 fully saturated rings. The van der Waals surface area contributed by atoms with Crippen molar-refractivity contribution in [2.75, 3.05) is 12.9 Å². The summed E-state index contributed by atoms with van der Waals surface area (Å²) in [4.78, 5) is 36.3. The van der Waals surface area contributed by atoms with Crippen molar-refractivity contribution < 1.29 is 19.1 Å². The number of nitrogens with one attached hydrogen (secondary N) is 1. The predicted molar refractivity (Wildman–Crippen MR) is 113 cm³/mol. The number of esters is 1. The number of amides is 1. The minimum Gasteiger partial charge on any atom is -0.467 e. The maximum atomic E-state index is 12.8. The molecule has 0 saturated heterocycles. The second kappa shape index (κ2) is 10.8. The van der Waals surface area contributed by atoms with Gasteiger partial charge in [0.2, 0.25) is 5.91 Å². The van der Waals surface area contributed by atoms with Gasteiger partial charge in [0.25, 0.3) is 0 Å². The van der Waals surface area contributed by atoms with E-state index in [2.05, 4.69) is 10.4 Å². The number of hydrogen-bond donors (Lipinski definition) is 1. The Morgan fingerprint density at radius 1 is 1.21 bits per heavy atom. The SMILES string of the molecule is COC(=O)C(Cc1ccc(-n2cccn2)cc1)NC(=O)[C@@H](CSC(C)=O)C(C)C. The first-order chi connectivity index (χ1) is 13.8. The minimum atomic E-state index is -0.799. The van der Waals surface area contributed by atoms with Gasteiger partial charge in [0.1, 0.15) is 6.04 Å². The minimum absolute atomic E-state index is 0.0356. The van der Waals surface area contributed by atoms with Crippen LogP contribution in [0.2, 0.25) is 0 Å². The van der Waals surface area contributed by atoms with Crippen molar-refractivity contribution in [3.63, 3.8) is 0 Å². The number of nitrogens with zero attached hydrogens (tertiary/aromatic N) is 2. The van der Waals surface area contributed by atoms with Gasteiger partial charge in [-0.3, -0.25) is 9.59 Å². The van der Waals surface area contributed by atoms with Gasteiger partial charge >= 0.3 is 5.97 Å². The van der Waals surface area contributed by atoms with E-state index in [1.165, 1.54) is 14.0 Å². The Hall–Kier alpha value is -2.61. The molecule has 0 radical (unpaired) electrons. The number of methoxy groups -OCH3 is 1. The van der Waals surface area contributed by atoms with Crippen molar-refractivity contribution >= 4 is 28.8 Å². The molecule has 2 rings (SSSR count). The molecule has 2 atom stereocenters. The highest BCUT2D eigenvalue weighted by Gasteiger charge is 2.28. The Bertz CT molecular complexity index is 819. The topological polar surface area (TPSA) is 90.3 Å². The van der Waals surface area contributed by atoms with Gasteiger partial charge in [-0.2, -0.15) is 5.10 Å². The molecular formula is C21H27N3O4S. The summed E-state index contributed by atoms with van der Waals surface area (Å²) in [5.74, 6) is -0.717. The van der Waals surface area contributed by atoms with E-state index in [-0.39, 0.29) is 22.9 Å². The van der Waals surface area contributed by atoms with Crippen LogP contribution in [0.1, 0.15) is 26.3 Å². The molecule has 8 heteroatoms. The van der Waals surface area contributed by atoms with Crippen molar-refractivity contribution in [3.05, 3.63) is 48.3 Å². The van der Waals surface area contributed by atoms with Gasteiger partial charge < -0.3 is 10.1 Å². The van der Waals surface area contributed by atoms with E-state index < -0.39 is 12.0 Å². The smallest absolute Gasteiger partial charge is 0.328 e. The lowest BCUT2D eigenvalue weighted by Gasteiger charge is -2.23. The fraction of sp³-hybridized carbons (Fsp3) is 0.429. The van der Waals surface area contributed by atoms with Crippen LogP contribution in [0.4, 0.5) is 0 Å². The molecule has 0 saturated carbocycles. The summed E-state index contributed by atoms with van der Waals surface area (Å²) in [5, 5.41) is 6.95. The monoisotopic (exact) mass is 417 g/mol. The van der Waals surface area contributed by atoms with Crippen LogP contribution in [-0.4, -0.2) is 45.7 Å². The molecule has 0 aliphatic carbocycles. The molecular weight excluding hydrogens is 390 g/mol. The van der Waals surface area contributed by atoms with Gasteiger partial charge in [0.05, 0.1) is 12.8 Å². The zero-order valence-corrected chi connectivity index (χ0v) is 17.9. The fourth-order valence-corrected chi connectivity index (χ4v) is 3.78. The Balaban J connectivity index is 2.09. The van der Waals surface area contributed by atoms with E-state index in [9.17, 15) is 14.4 Å². The molecule has 0 aliphatic rings. The summed E-state index contributed by atoms with van der Waals surface area (Å²) in [7, 11) is 1.30. The largest absolute Gasteiger partial charge is 0.467 e. The zero-order valence-electron chi connectivity index (χ0n) is 17.1. The molecule has 0 bridgehead atoms. The molecule has 156 valence electrons. The summed E-state index contributed by atoms with van der Waals surface area (Å²) in [6.07, 6.45) is 3.85. The maximum Gasteiger partial charge on any atom is 0.328 e. The number of carbonyl (C=O) groups is 3. The van der Waals surface area contributed by atoms with Gasteiger partial charge in [-0.15, -0.1) is 0 Å². The molecule has 1 heterocycles. The number of aromatic nitrogens is 2. The molecule has 0 aliphatic heterocycles. The lowest BCUT2D eigenvalue weighted by Crippen LogP contribution is -2.47. The van der Waals surface area contributed by atoms with E-state index in [1.54, 1.807) is 10.9 Å². The first kappa shape index (κ1) is 22.7. The van der Waals surface area contributed by atoms with Crippen LogP contribution < -0.4 is 5.32 Å². The molecule has 29 heavy (non-hydrogen) atoms. The fourth-order valence-electron chi connectivity index (χ4n) is 2.83. The molecule has 1 amide bonds. The summed E-state index contributed by atoms with van der Waals surface area (Å²) in [6, 6.07) is 8.63. The third-order valence-corrected chi connectivity index (χ3v) is 5.49. The molecule has 1 aromatic heterocycles.